The first-order chi connectivity index (χ1) is 18.5. The normalized spacial score (nSPS) is 10.1. The van der Waals surface area contributed by atoms with Crippen molar-refractivity contribution >= 4 is 58.3 Å². The minimum atomic E-state index is -0.154. The summed E-state index contributed by atoms with van der Waals surface area (Å²) in [5.74, 6) is 0.527. The van der Waals surface area contributed by atoms with Crippen LogP contribution in [-0.2, 0) is 15.3 Å². The number of aromatic nitrogens is 4. The van der Waals surface area contributed by atoms with Gasteiger partial charge in [0.05, 0.1) is 13.4 Å². The van der Waals surface area contributed by atoms with E-state index >= 15 is 0 Å². The number of methoxy groups -OCH3 is 1. The van der Waals surface area contributed by atoms with Gasteiger partial charge in [-0.05, 0) is 43.0 Å². The minimum Gasteiger partial charge on any atom is -0.469 e. The summed E-state index contributed by atoms with van der Waals surface area (Å²) in [6, 6.07) is 6.34. The molecule has 0 aliphatic carbocycles. The molecule has 0 aliphatic heterocycles. The van der Waals surface area contributed by atoms with Gasteiger partial charge in [-0.15, -0.1) is 33.5 Å². The second-order valence-electron chi connectivity index (χ2n) is 8.06. The Balaban J connectivity index is 0.00000172. The molecule has 2 heterocycles. The van der Waals surface area contributed by atoms with Gasteiger partial charge in [0, 0.05) is 43.8 Å². The number of benzene rings is 1. The Hall–Kier alpha value is -2.02. The number of aryl methyl sites for hydroxylation is 1. The molecule has 210 valence electrons. The van der Waals surface area contributed by atoms with Gasteiger partial charge in [-0.25, -0.2) is 4.98 Å². The van der Waals surface area contributed by atoms with Gasteiger partial charge in [0.15, 0.2) is 4.34 Å². The number of amides is 1. The van der Waals surface area contributed by atoms with Crippen molar-refractivity contribution < 1.29 is 14.3 Å². The summed E-state index contributed by atoms with van der Waals surface area (Å²) in [5.41, 5.74) is 3.50. The van der Waals surface area contributed by atoms with Crippen LogP contribution in [0.15, 0.2) is 41.3 Å². The smallest absolute Gasteiger partial charge is 0.305 e. The van der Waals surface area contributed by atoms with Crippen molar-refractivity contribution in [1.82, 2.24) is 24.6 Å². The Bertz CT molecular complexity index is 1080. The number of imidazole rings is 1. The fourth-order valence-corrected chi connectivity index (χ4v) is 5.35. The van der Waals surface area contributed by atoms with E-state index < -0.39 is 0 Å². The fourth-order valence-electron chi connectivity index (χ4n) is 3.42. The molecule has 0 N–H and O–H groups in total. The van der Waals surface area contributed by atoms with Crippen molar-refractivity contribution in [3.8, 4) is 5.69 Å². The van der Waals surface area contributed by atoms with Crippen LogP contribution in [0.5, 0.6) is 0 Å². The Kier molecular flexibility index (Phi) is 17.9. The number of thioether (sulfide) groups is 1. The molecule has 0 unspecified atom stereocenters. The molecule has 0 saturated carbocycles. The zero-order valence-electron chi connectivity index (χ0n) is 22.8. The van der Waals surface area contributed by atoms with Crippen molar-refractivity contribution in [2.75, 3.05) is 20.7 Å². The highest BCUT2D eigenvalue weighted by Crippen LogP contribution is 2.28. The average Bonchev–Trinajstić information content (AvgIpc) is 3.66. The van der Waals surface area contributed by atoms with Gasteiger partial charge >= 0.3 is 5.97 Å². The van der Waals surface area contributed by atoms with Crippen LogP contribution in [0.1, 0.15) is 73.3 Å². The van der Waals surface area contributed by atoms with Crippen LogP contribution >= 0.6 is 46.4 Å². The van der Waals surface area contributed by atoms with E-state index in [0.717, 1.165) is 47.9 Å². The number of esters is 1. The van der Waals surface area contributed by atoms with Gasteiger partial charge in [0.25, 0.3) is 5.91 Å². The summed E-state index contributed by atoms with van der Waals surface area (Å²) in [4.78, 5) is 29.6. The Labute approximate surface area is 245 Å². The molecule has 0 radical (unpaired) electrons. The van der Waals surface area contributed by atoms with Gasteiger partial charge in [-0.1, -0.05) is 62.3 Å². The second-order valence-corrected chi connectivity index (χ2v) is 10.3. The predicted octanol–water partition coefficient (Wildman–Crippen LogP) is 6.70. The number of nitrogens with zero attached hydrogens (tertiary/aromatic N) is 5. The van der Waals surface area contributed by atoms with Crippen LogP contribution in [0, 0.1) is 6.92 Å². The van der Waals surface area contributed by atoms with Crippen LogP contribution in [0.25, 0.3) is 5.69 Å². The molecule has 38 heavy (non-hydrogen) atoms. The number of carbonyl (C=O) groups excluding carboxylic acids is 2. The predicted molar refractivity (Wildman–Crippen MR) is 164 cm³/mol. The van der Waals surface area contributed by atoms with Gasteiger partial charge < -0.3 is 14.2 Å². The highest BCUT2D eigenvalue weighted by molar-refractivity contribution is 8.59. The summed E-state index contributed by atoms with van der Waals surface area (Å²) in [6.07, 6.45) is 10.8. The summed E-state index contributed by atoms with van der Waals surface area (Å²) < 4.78 is 7.41. The molecule has 3 aromatic rings. The molecular weight excluding hydrogens is 559 g/mol. The van der Waals surface area contributed by atoms with E-state index in [-0.39, 0.29) is 11.9 Å². The zero-order valence-corrected chi connectivity index (χ0v) is 26.2. The Morgan fingerprint density at radius 3 is 2.47 bits per heavy atom. The van der Waals surface area contributed by atoms with E-state index in [1.165, 1.54) is 29.6 Å². The summed E-state index contributed by atoms with van der Waals surface area (Å²) >= 11 is 9.38. The van der Waals surface area contributed by atoms with Crippen LogP contribution < -0.4 is 0 Å². The van der Waals surface area contributed by atoms with Crippen molar-refractivity contribution in [2.24, 2.45) is 0 Å². The zero-order chi connectivity index (χ0) is 28.3. The number of rotatable bonds is 13. The maximum absolute atomic E-state index is 12.7. The monoisotopic (exact) mass is 597 g/mol. The molecule has 3 rings (SSSR count). The van der Waals surface area contributed by atoms with Gasteiger partial charge in [-0.2, -0.15) is 0 Å². The standard InChI is InChI=1S/C24H31N5O3S2.C2H6.H2S2/c1-18-15-20(29-14-12-25-17-29)11-10-19(18)16-33-24-27-26-22(34-24)23(31)28(2)13-8-6-4-5-7-9-21(30)32-3;2*1-2/h10-12,14-15,17H,4-9,13,16H2,1-3H3;1-2H3;1-2H. The molecular formula is C26H39N5O3S4. The maximum atomic E-state index is 12.7. The van der Waals surface area contributed by atoms with Crippen molar-refractivity contribution in [3.05, 3.63) is 53.1 Å². The molecule has 1 aromatic carbocycles. The Morgan fingerprint density at radius 1 is 1.11 bits per heavy atom. The van der Waals surface area contributed by atoms with Crippen LogP contribution in [-0.4, -0.2) is 57.2 Å². The number of carbonyl (C=O) groups is 2. The molecule has 0 atom stereocenters. The molecule has 0 saturated heterocycles. The molecule has 8 nitrogen and oxygen atoms in total. The maximum Gasteiger partial charge on any atom is 0.305 e. The topological polar surface area (TPSA) is 90.2 Å². The third-order valence-electron chi connectivity index (χ3n) is 5.52. The second kappa shape index (κ2) is 20.0. The molecule has 0 aliphatic rings. The lowest BCUT2D eigenvalue weighted by Crippen LogP contribution is -2.27. The first-order valence-electron chi connectivity index (χ1n) is 12.5. The summed E-state index contributed by atoms with van der Waals surface area (Å²) in [5, 5.41) is 8.75. The molecule has 1 amide bonds. The number of thiol groups is 2. The van der Waals surface area contributed by atoms with Crippen molar-refractivity contribution in [1.29, 1.82) is 0 Å². The van der Waals surface area contributed by atoms with Gasteiger partial charge in [0.2, 0.25) is 5.01 Å². The molecule has 2 aromatic heterocycles. The lowest BCUT2D eigenvalue weighted by molar-refractivity contribution is -0.140. The quantitative estimate of drug-likeness (QED) is 0.0745. The Morgan fingerprint density at radius 2 is 1.82 bits per heavy atom. The van der Waals surface area contributed by atoms with E-state index in [9.17, 15) is 9.59 Å². The molecule has 0 bridgehead atoms. The summed E-state index contributed by atoms with van der Waals surface area (Å²) in [7, 11) is 3.22. The lowest BCUT2D eigenvalue weighted by atomic mass is 10.1. The molecule has 0 spiro atoms. The minimum absolute atomic E-state index is 0.0871. The van der Waals surface area contributed by atoms with Crippen molar-refractivity contribution in [2.45, 2.75) is 69.4 Å². The highest BCUT2D eigenvalue weighted by Gasteiger charge is 2.17. The first-order valence-corrected chi connectivity index (χ1v) is 15.9. The van der Waals surface area contributed by atoms with Crippen LogP contribution in [0.2, 0.25) is 0 Å². The van der Waals surface area contributed by atoms with Crippen LogP contribution in [0.4, 0.5) is 0 Å². The lowest BCUT2D eigenvalue weighted by Gasteiger charge is -2.15. The van der Waals surface area contributed by atoms with E-state index in [1.807, 2.05) is 24.6 Å². The number of hydrogen-bond donors (Lipinski definition) is 2. The van der Waals surface area contributed by atoms with Gasteiger partial charge in [0.1, 0.15) is 0 Å². The fraction of sp³-hybridized carbons (Fsp3) is 0.500. The largest absolute Gasteiger partial charge is 0.469 e. The average molecular weight is 598 g/mol. The summed E-state index contributed by atoms with van der Waals surface area (Å²) in [6.45, 7) is 6.78. The third-order valence-corrected chi connectivity index (χ3v) is 7.61. The van der Waals surface area contributed by atoms with Gasteiger partial charge in [-0.3, -0.25) is 9.59 Å². The van der Waals surface area contributed by atoms with E-state index in [1.54, 1.807) is 36.2 Å². The van der Waals surface area contributed by atoms with Crippen molar-refractivity contribution in [3.63, 3.8) is 0 Å². The molecule has 0 fully saturated rings. The van der Waals surface area contributed by atoms with E-state index in [2.05, 4.69) is 68.4 Å². The van der Waals surface area contributed by atoms with E-state index in [4.69, 9.17) is 0 Å². The SMILES string of the molecule is CC.COC(=O)CCCCCCCN(C)C(=O)c1nnc(SCc2ccc(-n3ccnc3)cc2C)s1.SS. The number of hydrogen-bond acceptors (Lipinski definition) is 10. The van der Waals surface area contributed by atoms with E-state index in [0.29, 0.717) is 18.0 Å². The highest BCUT2D eigenvalue weighted by atomic mass is 33.1. The number of unbranched alkanes of at least 4 members (excludes halogenated alkanes) is 4. The number of ether oxygens (including phenoxy) is 1. The third kappa shape index (κ3) is 11.8. The van der Waals surface area contributed by atoms with Crippen LogP contribution in [0.3, 0.4) is 0 Å². The molecule has 12 heteroatoms. The first kappa shape index (κ1) is 34.0.